The molecule has 0 heterocycles. The van der Waals surface area contributed by atoms with Gasteiger partial charge in [0.2, 0.25) is 5.91 Å². The second-order valence-electron chi connectivity index (χ2n) is 8.23. The molecule has 0 saturated heterocycles. The van der Waals surface area contributed by atoms with Crippen molar-refractivity contribution in [2.45, 2.75) is 71.0 Å². The van der Waals surface area contributed by atoms with E-state index in [1.54, 1.807) is 6.92 Å². The fourth-order valence-electron chi connectivity index (χ4n) is 3.56. The van der Waals surface area contributed by atoms with Gasteiger partial charge in [0, 0.05) is 18.3 Å². The topological polar surface area (TPSA) is 68.2 Å². The number of amides is 1. The third-order valence-corrected chi connectivity index (χ3v) is 5.86. The maximum atomic E-state index is 12.3. The number of hydrogen-bond donors (Lipinski definition) is 2. The summed E-state index contributed by atoms with van der Waals surface area (Å²) >= 11 is 0. The normalized spacial score (nSPS) is 17.4. The van der Waals surface area contributed by atoms with Crippen molar-refractivity contribution >= 4 is 11.6 Å². The average molecular weight is 371 g/mol. The van der Waals surface area contributed by atoms with Gasteiger partial charge in [-0.25, -0.2) is 0 Å². The summed E-state index contributed by atoms with van der Waals surface area (Å²) in [7, 11) is 2.19. The van der Waals surface area contributed by atoms with E-state index < -0.39 is 5.54 Å². The smallest absolute Gasteiger partial charge is 0.240 e. The van der Waals surface area contributed by atoms with Crippen LogP contribution in [0.15, 0.2) is 24.3 Å². The predicted octanol–water partition coefficient (Wildman–Crippen LogP) is 3.92. The summed E-state index contributed by atoms with van der Waals surface area (Å²) in [5.41, 5.74) is 1.34. The van der Waals surface area contributed by atoms with Crippen LogP contribution in [0.25, 0.3) is 0 Å². The summed E-state index contributed by atoms with van der Waals surface area (Å²) in [5.74, 6) is -0.119. The Morgan fingerprint density at radius 2 is 1.96 bits per heavy atom. The summed E-state index contributed by atoms with van der Waals surface area (Å²) in [4.78, 5) is 14.8. The largest absolute Gasteiger partial charge is 0.376 e. The van der Waals surface area contributed by atoms with E-state index in [1.165, 1.54) is 37.7 Å². The van der Waals surface area contributed by atoms with Gasteiger partial charge < -0.3 is 10.6 Å². The summed E-state index contributed by atoms with van der Waals surface area (Å²) in [6, 6.07) is 11.0. The number of para-hydroxylation sites is 1. The summed E-state index contributed by atoms with van der Waals surface area (Å²) in [5, 5.41) is 15.5. The van der Waals surface area contributed by atoms with E-state index in [1.807, 2.05) is 32.0 Å². The van der Waals surface area contributed by atoms with E-state index in [2.05, 4.69) is 34.7 Å². The van der Waals surface area contributed by atoms with Crippen LogP contribution in [0, 0.1) is 17.2 Å². The highest BCUT2D eigenvalue weighted by Gasteiger charge is 2.29. The van der Waals surface area contributed by atoms with Crippen LogP contribution in [0.3, 0.4) is 0 Å². The molecule has 1 atom stereocenters. The SMILES string of the molecule is CC(C)C(C)(C#N)NC(=O)CNc1ccccc1CN(C)C1CCCCC1. The molecule has 27 heavy (non-hydrogen) atoms. The molecule has 0 aromatic heterocycles. The number of benzene rings is 1. The first-order chi connectivity index (χ1) is 12.9. The fraction of sp³-hybridized carbons (Fsp3) is 0.636. The van der Waals surface area contributed by atoms with Crippen LogP contribution >= 0.6 is 0 Å². The fourth-order valence-corrected chi connectivity index (χ4v) is 3.56. The number of carbonyl (C=O) groups is 1. The highest BCUT2D eigenvalue weighted by atomic mass is 16.2. The molecule has 1 aromatic carbocycles. The summed E-state index contributed by atoms with van der Waals surface area (Å²) in [6.45, 7) is 6.68. The van der Waals surface area contributed by atoms with Crippen molar-refractivity contribution in [3.63, 3.8) is 0 Å². The van der Waals surface area contributed by atoms with Crippen molar-refractivity contribution in [3.05, 3.63) is 29.8 Å². The van der Waals surface area contributed by atoms with Gasteiger partial charge in [-0.15, -0.1) is 0 Å². The molecule has 1 aliphatic carbocycles. The van der Waals surface area contributed by atoms with Gasteiger partial charge in [0.25, 0.3) is 0 Å². The zero-order valence-electron chi connectivity index (χ0n) is 17.2. The van der Waals surface area contributed by atoms with E-state index in [9.17, 15) is 10.1 Å². The Labute approximate surface area is 164 Å². The zero-order valence-corrected chi connectivity index (χ0v) is 17.2. The molecule has 1 saturated carbocycles. The van der Waals surface area contributed by atoms with E-state index in [-0.39, 0.29) is 18.4 Å². The minimum Gasteiger partial charge on any atom is -0.376 e. The highest BCUT2D eigenvalue weighted by molar-refractivity contribution is 5.82. The Kier molecular flexibility index (Phi) is 7.67. The van der Waals surface area contributed by atoms with Crippen LogP contribution in [-0.2, 0) is 11.3 Å². The molecular formula is C22H34N4O. The summed E-state index contributed by atoms with van der Waals surface area (Å²) in [6.07, 6.45) is 6.55. The average Bonchev–Trinajstić information content (AvgIpc) is 2.67. The van der Waals surface area contributed by atoms with Gasteiger partial charge >= 0.3 is 0 Å². The van der Waals surface area contributed by atoms with E-state index >= 15 is 0 Å². The van der Waals surface area contributed by atoms with Crippen molar-refractivity contribution in [1.82, 2.24) is 10.2 Å². The predicted molar refractivity (Wildman–Crippen MR) is 110 cm³/mol. The Balaban J connectivity index is 1.95. The lowest BCUT2D eigenvalue weighted by molar-refractivity contribution is -0.121. The first-order valence-corrected chi connectivity index (χ1v) is 10.1. The van der Waals surface area contributed by atoms with Crippen LogP contribution in [-0.4, -0.2) is 36.0 Å². The van der Waals surface area contributed by atoms with Gasteiger partial charge in [0.15, 0.2) is 0 Å². The van der Waals surface area contributed by atoms with Gasteiger partial charge in [-0.2, -0.15) is 5.26 Å². The maximum absolute atomic E-state index is 12.3. The third-order valence-electron chi connectivity index (χ3n) is 5.86. The van der Waals surface area contributed by atoms with Crippen molar-refractivity contribution in [3.8, 4) is 6.07 Å². The molecule has 1 fully saturated rings. The molecule has 0 bridgehead atoms. The van der Waals surface area contributed by atoms with Gasteiger partial charge in [-0.05, 0) is 44.4 Å². The standard InChI is InChI=1S/C22H34N4O/c1-17(2)22(3,16-23)25-21(27)14-24-20-13-9-8-10-18(20)15-26(4)19-11-6-5-7-12-19/h8-10,13,17,19,24H,5-7,11-12,14-15H2,1-4H3,(H,25,27). The van der Waals surface area contributed by atoms with Gasteiger partial charge in [-0.1, -0.05) is 51.3 Å². The number of nitrogens with zero attached hydrogens (tertiary/aromatic N) is 2. The summed E-state index contributed by atoms with van der Waals surface area (Å²) < 4.78 is 0. The van der Waals surface area contributed by atoms with Crippen molar-refractivity contribution in [2.24, 2.45) is 5.92 Å². The first-order valence-electron chi connectivity index (χ1n) is 10.1. The second kappa shape index (κ2) is 9.75. The number of carbonyl (C=O) groups excluding carboxylic acids is 1. The molecular weight excluding hydrogens is 336 g/mol. The lowest BCUT2D eigenvalue weighted by Crippen LogP contribution is -2.50. The number of anilines is 1. The minimum absolute atomic E-state index is 0.0443. The molecule has 1 aromatic rings. The number of rotatable bonds is 8. The Bertz CT molecular complexity index is 661. The van der Waals surface area contributed by atoms with Crippen LogP contribution in [0.5, 0.6) is 0 Å². The molecule has 5 heteroatoms. The third kappa shape index (κ3) is 5.97. The van der Waals surface area contributed by atoms with E-state index in [0.717, 1.165) is 12.2 Å². The molecule has 148 valence electrons. The van der Waals surface area contributed by atoms with E-state index in [0.29, 0.717) is 6.04 Å². The second-order valence-corrected chi connectivity index (χ2v) is 8.23. The van der Waals surface area contributed by atoms with Crippen LogP contribution in [0.2, 0.25) is 0 Å². The number of nitriles is 1. The molecule has 2 rings (SSSR count). The molecule has 0 radical (unpaired) electrons. The molecule has 1 unspecified atom stereocenters. The minimum atomic E-state index is -0.848. The maximum Gasteiger partial charge on any atom is 0.240 e. The number of nitrogens with one attached hydrogen (secondary N) is 2. The Morgan fingerprint density at radius 3 is 2.59 bits per heavy atom. The molecule has 1 aliphatic rings. The van der Waals surface area contributed by atoms with Crippen LogP contribution < -0.4 is 10.6 Å². The Hall–Kier alpha value is -2.06. The quantitative estimate of drug-likeness (QED) is 0.728. The van der Waals surface area contributed by atoms with Crippen LogP contribution in [0.1, 0.15) is 58.4 Å². The van der Waals surface area contributed by atoms with Gasteiger partial charge in [0.05, 0.1) is 12.6 Å². The molecule has 2 N–H and O–H groups in total. The lowest BCUT2D eigenvalue weighted by Gasteiger charge is -2.31. The van der Waals surface area contributed by atoms with E-state index in [4.69, 9.17) is 0 Å². The molecule has 5 nitrogen and oxygen atoms in total. The van der Waals surface area contributed by atoms with Gasteiger partial charge in [-0.3, -0.25) is 9.69 Å². The molecule has 1 amide bonds. The molecule has 0 aliphatic heterocycles. The lowest BCUT2D eigenvalue weighted by atomic mass is 9.90. The first kappa shape index (κ1) is 21.2. The van der Waals surface area contributed by atoms with Gasteiger partial charge in [0.1, 0.15) is 5.54 Å². The van der Waals surface area contributed by atoms with Crippen molar-refractivity contribution < 1.29 is 4.79 Å². The van der Waals surface area contributed by atoms with Crippen molar-refractivity contribution in [2.75, 3.05) is 18.9 Å². The molecule has 0 spiro atoms. The van der Waals surface area contributed by atoms with Crippen LogP contribution in [0.4, 0.5) is 5.69 Å². The van der Waals surface area contributed by atoms with Crippen molar-refractivity contribution in [1.29, 1.82) is 5.26 Å². The number of hydrogen-bond acceptors (Lipinski definition) is 4. The zero-order chi connectivity index (χ0) is 19.9. The monoisotopic (exact) mass is 370 g/mol. The highest BCUT2D eigenvalue weighted by Crippen LogP contribution is 2.25. The Morgan fingerprint density at radius 1 is 1.30 bits per heavy atom.